The molecule has 2 aromatic carbocycles. The van der Waals surface area contributed by atoms with Gasteiger partial charge in [-0.3, -0.25) is 0 Å². The van der Waals surface area contributed by atoms with Gasteiger partial charge in [-0.15, -0.1) is 11.8 Å². The molecule has 1 aliphatic rings. The third kappa shape index (κ3) is 5.62. The zero-order valence-corrected chi connectivity index (χ0v) is 17.7. The van der Waals surface area contributed by atoms with Crippen LogP contribution in [0.2, 0.25) is 0 Å². The molecule has 0 spiro atoms. The van der Waals surface area contributed by atoms with E-state index in [2.05, 4.69) is 0 Å². The molecule has 1 saturated heterocycles. The Bertz CT molecular complexity index is 868. The first-order chi connectivity index (χ1) is 14.0. The Kier molecular flexibility index (Phi) is 6.60. The third-order valence-corrected chi connectivity index (χ3v) is 5.86. The van der Waals surface area contributed by atoms with Crippen LogP contribution >= 0.6 is 11.8 Å². The first-order valence-electron chi connectivity index (χ1n) is 9.26. The molecule has 30 heavy (non-hydrogen) atoms. The van der Waals surface area contributed by atoms with Crippen LogP contribution in [0, 0.1) is 14.0 Å². The number of hydrogen-bond acceptors (Lipinski definition) is 5. The standard InChI is InChI=1S/C22H23F3O4S/c1-15-11-18(9-10-19(15)26-4)30-14-21(13-28-20(2,3)29-21)12-27-17-7-5-16(6-8-17)22(23,24)25/h4-11H,12-14H2,1-3H3. The van der Waals surface area contributed by atoms with Crippen molar-refractivity contribution in [3.05, 3.63) is 60.7 Å². The molecule has 162 valence electrons. The molecule has 0 aliphatic carbocycles. The molecule has 0 N–H and O–H groups in total. The topological polar surface area (TPSA) is 36.9 Å². The molecule has 1 heterocycles. The van der Waals surface area contributed by atoms with Crippen LogP contribution in [-0.2, 0) is 15.7 Å². The summed E-state index contributed by atoms with van der Waals surface area (Å²) in [5.74, 6) is 0.679. The minimum Gasteiger partial charge on any atom is -0.490 e. The predicted molar refractivity (Wildman–Crippen MR) is 108 cm³/mol. The number of halogens is 3. The molecule has 1 fully saturated rings. The van der Waals surface area contributed by atoms with Gasteiger partial charge in [0.2, 0.25) is 0 Å². The second-order valence-corrected chi connectivity index (χ2v) is 8.67. The average Bonchev–Trinajstić information content (AvgIpc) is 3.00. The van der Waals surface area contributed by atoms with Gasteiger partial charge in [0.25, 0.3) is 0 Å². The molecule has 2 aromatic rings. The molecular weight excluding hydrogens is 417 g/mol. The molecule has 2 radical (unpaired) electrons. The fourth-order valence-electron chi connectivity index (χ4n) is 3.08. The fourth-order valence-corrected chi connectivity index (χ4v) is 4.16. The van der Waals surface area contributed by atoms with Gasteiger partial charge < -0.3 is 18.9 Å². The Morgan fingerprint density at radius 3 is 2.37 bits per heavy atom. The van der Waals surface area contributed by atoms with Crippen molar-refractivity contribution in [1.82, 2.24) is 0 Å². The quantitative estimate of drug-likeness (QED) is 0.512. The minimum atomic E-state index is -4.38. The lowest BCUT2D eigenvalue weighted by atomic mass is 10.1. The Morgan fingerprint density at radius 2 is 1.83 bits per heavy atom. The van der Waals surface area contributed by atoms with Crippen molar-refractivity contribution in [3.63, 3.8) is 0 Å². The van der Waals surface area contributed by atoms with E-state index in [0.717, 1.165) is 22.6 Å². The number of alkyl halides is 3. The number of ether oxygens (including phenoxy) is 4. The van der Waals surface area contributed by atoms with Gasteiger partial charge in [0.05, 0.1) is 12.2 Å². The van der Waals surface area contributed by atoms with E-state index in [9.17, 15) is 13.2 Å². The number of aryl methyl sites for hydroxylation is 1. The van der Waals surface area contributed by atoms with E-state index < -0.39 is 23.1 Å². The van der Waals surface area contributed by atoms with Gasteiger partial charge in [0, 0.05) is 10.6 Å². The largest absolute Gasteiger partial charge is 0.490 e. The molecule has 0 amide bonds. The Labute approximate surface area is 178 Å². The zero-order valence-electron chi connectivity index (χ0n) is 16.9. The van der Waals surface area contributed by atoms with Gasteiger partial charge in [-0.05, 0) is 68.8 Å². The van der Waals surface area contributed by atoms with Gasteiger partial charge in [0.1, 0.15) is 23.7 Å². The van der Waals surface area contributed by atoms with Crippen molar-refractivity contribution in [1.29, 1.82) is 0 Å². The smallest absolute Gasteiger partial charge is 0.416 e. The van der Waals surface area contributed by atoms with Gasteiger partial charge in [0.15, 0.2) is 12.9 Å². The monoisotopic (exact) mass is 440 g/mol. The molecule has 1 atom stereocenters. The third-order valence-electron chi connectivity index (χ3n) is 4.60. The molecule has 4 nitrogen and oxygen atoms in total. The molecule has 0 aromatic heterocycles. The summed E-state index contributed by atoms with van der Waals surface area (Å²) < 4.78 is 60.7. The van der Waals surface area contributed by atoms with Crippen LogP contribution in [0.1, 0.15) is 25.0 Å². The maximum Gasteiger partial charge on any atom is 0.416 e. The normalized spacial score (nSPS) is 20.9. The van der Waals surface area contributed by atoms with E-state index in [0.29, 0.717) is 23.9 Å². The van der Waals surface area contributed by atoms with Crippen LogP contribution in [-0.4, -0.2) is 30.4 Å². The van der Waals surface area contributed by atoms with Crippen molar-refractivity contribution in [2.24, 2.45) is 0 Å². The SMILES string of the molecule is [CH]Oc1ccc(SCC2(COc3ccc(C(F)(F)F)cc3)COC(C)(C)O2)cc1C. The molecule has 0 bridgehead atoms. The highest BCUT2D eigenvalue weighted by Gasteiger charge is 2.46. The summed E-state index contributed by atoms with van der Waals surface area (Å²) in [5, 5.41) is 0. The maximum atomic E-state index is 12.7. The molecule has 3 rings (SSSR count). The molecule has 8 heteroatoms. The minimum absolute atomic E-state index is 0.137. The van der Waals surface area contributed by atoms with E-state index in [-0.39, 0.29) is 6.61 Å². The van der Waals surface area contributed by atoms with E-state index in [1.165, 1.54) is 12.1 Å². The van der Waals surface area contributed by atoms with Crippen LogP contribution in [0.5, 0.6) is 11.5 Å². The molecule has 1 unspecified atom stereocenters. The molecule has 0 saturated carbocycles. The first-order valence-corrected chi connectivity index (χ1v) is 10.2. The van der Waals surface area contributed by atoms with Crippen molar-refractivity contribution >= 4 is 11.8 Å². The van der Waals surface area contributed by atoms with Crippen molar-refractivity contribution in [2.45, 2.75) is 43.2 Å². The highest BCUT2D eigenvalue weighted by Crippen LogP contribution is 2.37. The van der Waals surface area contributed by atoms with Crippen molar-refractivity contribution in [3.8, 4) is 11.5 Å². The summed E-state index contributed by atoms with van der Waals surface area (Å²) in [5.41, 5.74) is -0.572. The fraction of sp³-hybridized carbons (Fsp3) is 0.409. The van der Waals surface area contributed by atoms with Gasteiger partial charge >= 0.3 is 6.18 Å². The highest BCUT2D eigenvalue weighted by atomic mass is 32.2. The van der Waals surface area contributed by atoms with E-state index >= 15 is 0 Å². The Hall–Kier alpha value is -1.90. The van der Waals surface area contributed by atoms with Gasteiger partial charge in [-0.2, -0.15) is 13.2 Å². The van der Waals surface area contributed by atoms with Crippen LogP contribution in [0.3, 0.4) is 0 Å². The summed E-state index contributed by atoms with van der Waals surface area (Å²) in [7, 11) is 5.23. The lowest BCUT2D eigenvalue weighted by molar-refractivity contribution is -0.161. The predicted octanol–water partition coefficient (Wildman–Crippen LogP) is 5.75. The van der Waals surface area contributed by atoms with Crippen LogP contribution in [0.15, 0.2) is 47.4 Å². The highest BCUT2D eigenvalue weighted by molar-refractivity contribution is 7.99. The van der Waals surface area contributed by atoms with E-state index in [1.807, 2.05) is 32.9 Å². The number of hydrogen-bond donors (Lipinski definition) is 0. The summed E-state index contributed by atoms with van der Waals surface area (Å²) in [6.07, 6.45) is -4.38. The average molecular weight is 440 g/mol. The zero-order chi connectivity index (χ0) is 22.0. The van der Waals surface area contributed by atoms with Crippen LogP contribution in [0.4, 0.5) is 13.2 Å². The van der Waals surface area contributed by atoms with Crippen molar-refractivity contribution in [2.75, 3.05) is 19.0 Å². The van der Waals surface area contributed by atoms with E-state index in [1.54, 1.807) is 17.8 Å². The first kappa shape index (κ1) is 22.8. The Balaban J connectivity index is 1.69. The van der Waals surface area contributed by atoms with Crippen molar-refractivity contribution < 1.29 is 32.1 Å². The number of thioether (sulfide) groups is 1. The lowest BCUT2D eigenvalue weighted by Gasteiger charge is -2.29. The van der Waals surface area contributed by atoms with Gasteiger partial charge in [-0.25, -0.2) is 0 Å². The lowest BCUT2D eigenvalue weighted by Crippen LogP contribution is -2.43. The number of benzene rings is 2. The molecule has 1 aliphatic heterocycles. The van der Waals surface area contributed by atoms with Crippen LogP contribution < -0.4 is 9.47 Å². The number of rotatable bonds is 7. The van der Waals surface area contributed by atoms with Crippen LogP contribution in [0.25, 0.3) is 0 Å². The van der Waals surface area contributed by atoms with E-state index in [4.69, 9.17) is 26.1 Å². The molecular formula is C22H23F3O4S. The summed E-state index contributed by atoms with van der Waals surface area (Å²) in [4.78, 5) is 0.996. The summed E-state index contributed by atoms with van der Waals surface area (Å²) in [6.45, 7) is 5.96. The summed E-state index contributed by atoms with van der Waals surface area (Å²) >= 11 is 1.56. The maximum absolute atomic E-state index is 12.7. The summed E-state index contributed by atoms with van der Waals surface area (Å²) in [6, 6.07) is 10.2. The second-order valence-electron chi connectivity index (χ2n) is 7.62. The van der Waals surface area contributed by atoms with Gasteiger partial charge in [-0.1, -0.05) is 0 Å². The Morgan fingerprint density at radius 1 is 1.13 bits per heavy atom. The second kappa shape index (κ2) is 8.69.